The van der Waals surface area contributed by atoms with Gasteiger partial charge in [0, 0.05) is 31.5 Å². The van der Waals surface area contributed by atoms with Crippen molar-refractivity contribution in [3.8, 4) is 0 Å². The van der Waals surface area contributed by atoms with E-state index in [9.17, 15) is 0 Å². The van der Waals surface area contributed by atoms with Crippen molar-refractivity contribution in [1.29, 1.82) is 0 Å². The smallest absolute Gasteiger partial charge is 0.0359 e. The Morgan fingerprint density at radius 3 is 2.87 bits per heavy atom. The molecule has 15 heavy (non-hydrogen) atoms. The predicted octanol–water partition coefficient (Wildman–Crippen LogP) is 2.79. The second kappa shape index (κ2) is 4.40. The SMILES string of the molecule is CCn1cccc1CNCC1(C)CCC1. The number of hydrogen-bond acceptors (Lipinski definition) is 1. The molecule has 1 fully saturated rings. The largest absolute Gasteiger partial charge is 0.351 e. The zero-order valence-electron chi connectivity index (χ0n) is 9.92. The summed E-state index contributed by atoms with van der Waals surface area (Å²) in [6.07, 6.45) is 6.37. The van der Waals surface area contributed by atoms with Gasteiger partial charge in [0.15, 0.2) is 0 Å². The number of aryl methyl sites for hydroxylation is 1. The van der Waals surface area contributed by atoms with Crippen molar-refractivity contribution >= 4 is 0 Å². The summed E-state index contributed by atoms with van der Waals surface area (Å²) in [5, 5.41) is 3.58. The lowest BCUT2D eigenvalue weighted by atomic mass is 9.70. The highest BCUT2D eigenvalue weighted by molar-refractivity contribution is 5.06. The number of hydrogen-bond donors (Lipinski definition) is 1. The lowest BCUT2D eigenvalue weighted by Gasteiger charge is -2.38. The van der Waals surface area contributed by atoms with Crippen LogP contribution >= 0.6 is 0 Å². The summed E-state index contributed by atoms with van der Waals surface area (Å²) in [5.74, 6) is 0. The van der Waals surface area contributed by atoms with Gasteiger partial charge in [-0.2, -0.15) is 0 Å². The van der Waals surface area contributed by atoms with Crippen molar-refractivity contribution in [3.63, 3.8) is 0 Å². The second-order valence-electron chi connectivity index (χ2n) is 5.05. The molecule has 0 radical (unpaired) electrons. The lowest BCUT2D eigenvalue weighted by Crippen LogP contribution is -2.37. The topological polar surface area (TPSA) is 17.0 Å². The average Bonchev–Trinajstić information content (AvgIpc) is 2.63. The third-order valence-electron chi connectivity index (χ3n) is 3.68. The van der Waals surface area contributed by atoms with Crippen molar-refractivity contribution in [2.75, 3.05) is 6.54 Å². The van der Waals surface area contributed by atoms with Crippen LogP contribution < -0.4 is 5.32 Å². The molecule has 1 aliphatic rings. The maximum absolute atomic E-state index is 3.58. The van der Waals surface area contributed by atoms with E-state index in [4.69, 9.17) is 0 Å². The maximum atomic E-state index is 3.58. The summed E-state index contributed by atoms with van der Waals surface area (Å²) >= 11 is 0. The molecule has 1 aromatic rings. The minimum Gasteiger partial charge on any atom is -0.351 e. The first-order valence-corrected chi connectivity index (χ1v) is 6.08. The molecular formula is C13H22N2. The van der Waals surface area contributed by atoms with E-state index in [2.05, 4.69) is 42.1 Å². The van der Waals surface area contributed by atoms with Crippen LogP contribution in [0.2, 0.25) is 0 Å². The lowest BCUT2D eigenvalue weighted by molar-refractivity contribution is 0.156. The van der Waals surface area contributed by atoms with Crippen LogP contribution in [0.1, 0.15) is 38.8 Å². The fourth-order valence-corrected chi connectivity index (χ4v) is 2.37. The first-order chi connectivity index (χ1) is 7.23. The molecule has 2 rings (SSSR count). The summed E-state index contributed by atoms with van der Waals surface area (Å²) < 4.78 is 2.30. The first-order valence-electron chi connectivity index (χ1n) is 6.08. The van der Waals surface area contributed by atoms with Crippen molar-refractivity contribution in [2.45, 2.75) is 46.2 Å². The van der Waals surface area contributed by atoms with Crippen LogP contribution in [0, 0.1) is 5.41 Å². The van der Waals surface area contributed by atoms with Crippen molar-refractivity contribution in [1.82, 2.24) is 9.88 Å². The van der Waals surface area contributed by atoms with E-state index in [0.29, 0.717) is 5.41 Å². The molecule has 0 amide bonds. The Bertz CT molecular complexity index is 310. The van der Waals surface area contributed by atoms with Crippen molar-refractivity contribution in [2.24, 2.45) is 5.41 Å². The fourth-order valence-electron chi connectivity index (χ4n) is 2.37. The summed E-state index contributed by atoms with van der Waals surface area (Å²) in [7, 11) is 0. The van der Waals surface area contributed by atoms with Gasteiger partial charge in [-0.1, -0.05) is 13.3 Å². The molecule has 0 spiro atoms. The molecule has 1 heterocycles. The van der Waals surface area contributed by atoms with Crippen LogP contribution in [0.4, 0.5) is 0 Å². The Kier molecular flexibility index (Phi) is 3.15. The highest BCUT2D eigenvalue weighted by atomic mass is 15.0. The van der Waals surface area contributed by atoms with Crippen molar-refractivity contribution < 1.29 is 0 Å². The molecule has 2 nitrogen and oxygen atoms in total. The van der Waals surface area contributed by atoms with Gasteiger partial charge in [-0.25, -0.2) is 0 Å². The highest BCUT2D eigenvalue weighted by Gasteiger charge is 2.30. The Morgan fingerprint density at radius 1 is 1.47 bits per heavy atom. The highest BCUT2D eigenvalue weighted by Crippen LogP contribution is 2.39. The van der Waals surface area contributed by atoms with E-state index in [-0.39, 0.29) is 0 Å². The second-order valence-corrected chi connectivity index (χ2v) is 5.05. The molecule has 1 saturated carbocycles. The summed E-state index contributed by atoms with van der Waals surface area (Å²) in [5.41, 5.74) is 1.99. The minimum atomic E-state index is 0.587. The van der Waals surface area contributed by atoms with Crippen molar-refractivity contribution in [3.05, 3.63) is 24.0 Å². The molecule has 0 aromatic carbocycles. The minimum absolute atomic E-state index is 0.587. The molecule has 2 heteroatoms. The van der Waals surface area contributed by atoms with Gasteiger partial charge in [-0.15, -0.1) is 0 Å². The van der Waals surface area contributed by atoms with Gasteiger partial charge in [-0.05, 0) is 37.3 Å². The quantitative estimate of drug-likeness (QED) is 0.784. The van der Waals surface area contributed by atoms with Gasteiger partial charge in [0.1, 0.15) is 0 Å². The predicted molar refractivity (Wildman–Crippen MR) is 63.8 cm³/mol. The van der Waals surface area contributed by atoms with Gasteiger partial charge in [0.2, 0.25) is 0 Å². The molecule has 0 unspecified atom stereocenters. The first kappa shape index (κ1) is 10.7. The number of nitrogens with one attached hydrogen (secondary N) is 1. The summed E-state index contributed by atoms with van der Waals surface area (Å²) in [4.78, 5) is 0. The van der Waals surface area contributed by atoms with E-state index in [1.54, 1.807) is 0 Å². The van der Waals surface area contributed by atoms with E-state index >= 15 is 0 Å². The Balaban J connectivity index is 1.78. The number of aromatic nitrogens is 1. The Labute approximate surface area is 92.7 Å². The third-order valence-corrected chi connectivity index (χ3v) is 3.68. The van der Waals surface area contributed by atoms with Crippen LogP contribution in [0.5, 0.6) is 0 Å². The molecule has 1 N–H and O–H groups in total. The Hall–Kier alpha value is -0.760. The van der Waals surface area contributed by atoms with Gasteiger partial charge < -0.3 is 9.88 Å². The van der Waals surface area contributed by atoms with E-state index < -0.39 is 0 Å². The molecule has 1 aromatic heterocycles. The van der Waals surface area contributed by atoms with Crippen LogP contribution in [-0.4, -0.2) is 11.1 Å². The molecule has 84 valence electrons. The van der Waals surface area contributed by atoms with Crippen LogP contribution in [0.25, 0.3) is 0 Å². The van der Waals surface area contributed by atoms with Crippen LogP contribution in [0.3, 0.4) is 0 Å². The normalized spacial score (nSPS) is 18.8. The van der Waals surface area contributed by atoms with Gasteiger partial charge in [-0.3, -0.25) is 0 Å². The molecule has 0 saturated heterocycles. The van der Waals surface area contributed by atoms with Gasteiger partial charge in [0.25, 0.3) is 0 Å². The molecule has 0 bridgehead atoms. The third kappa shape index (κ3) is 2.43. The molecular weight excluding hydrogens is 184 g/mol. The summed E-state index contributed by atoms with van der Waals surface area (Å²) in [6.45, 7) is 7.83. The molecule has 0 atom stereocenters. The summed E-state index contributed by atoms with van der Waals surface area (Å²) in [6, 6.07) is 4.34. The standard InChI is InChI=1S/C13H22N2/c1-3-15-9-4-6-12(15)10-14-11-13(2)7-5-8-13/h4,6,9,14H,3,5,7-8,10-11H2,1-2H3. The molecule has 0 aliphatic heterocycles. The zero-order chi connectivity index (χ0) is 10.7. The zero-order valence-corrected chi connectivity index (χ0v) is 9.92. The van der Waals surface area contributed by atoms with Gasteiger partial charge in [0.05, 0.1) is 0 Å². The monoisotopic (exact) mass is 206 g/mol. The number of nitrogens with zero attached hydrogens (tertiary/aromatic N) is 1. The van der Waals surface area contributed by atoms with Gasteiger partial charge >= 0.3 is 0 Å². The molecule has 1 aliphatic carbocycles. The maximum Gasteiger partial charge on any atom is 0.0359 e. The fraction of sp³-hybridized carbons (Fsp3) is 0.692. The van der Waals surface area contributed by atoms with E-state index in [1.807, 2.05) is 0 Å². The van der Waals surface area contributed by atoms with E-state index in [1.165, 1.54) is 31.5 Å². The average molecular weight is 206 g/mol. The Morgan fingerprint density at radius 2 is 2.27 bits per heavy atom. The van der Waals surface area contributed by atoms with E-state index in [0.717, 1.165) is 13.1 Å². The van der Waals surface area contributed by atoms with Crippen LogP contribution in [-0.2, 0) is 13.1 Å². The van der Waals surface area contributed by atoms with Crippen LogP contribution in [0.15, 0.2) is 18.3 Å². The number of rotatable bonds is 5.